The third kappa shape index (κ3) is 4.11. The van der Waals surface area contributed by atoms with Crippen LogP contribution in [0.3, 0.4) is 0 Å². The van der Waals surface area contributed by atoms with Crippen molar-refractivity contribution in [2.24, 2.45) is 0 Å². The van der Waals surface area contributed by atoms with E-state index in [9.17, 15) is 0 Å². The van der Waals surface area contributed by atoms with Crippen molar-refractivity contribution < 1.29 is 8.94 Å². The first-order valence-corrected chi connectivity index (χ1v) is 9.41. The number of aromatic nitrogens is 3. The smallest absolute Gasteiger partial charge is 0.226 e. The molecule has 0 N–H and O–H groups in total. The monoisotopic (exact) mass is 355 g/mol. The Morgan fingerprint density at radius 1 is 1.00 bits per heavy atom. The molecule has 0 atom stereocenters. The van der Waals surface area contributed by atoms with Crippen LogP contribution >= 0.6 is 0 Å². The van der Waals surface area contributed by atoms with Gasteiger partial charge in [0, 0.05) is 39.0 Å². The molecule has 7 heteroatoms. The van der Waals surface area contributed by atoms with Crippen molar-refractivity contribution in [3.05, 3.63) is 41.9 Å². The van der Waals surface area contributed by atoms with Crippen LogP contribution in [0.5, 0.6) is 0 Å². The minimum atomic E-state index is 0.720. The second-order valence-electron chi connectivity index (χ2n) is 6.75. The largest absolute Gasteiger partial charge is 0.441 e. The van der Waals surface area contributed by atoms with Crippen LogP contribution in [0, 0.1) is 0 Å². The molecule has 1 fully saturated rings. The molecule has 0 aliphatic carbocycles. The van der Waals surface area contributed by atoms with Gasteiger partial charge >= 0.3 is 0 Å². The molecule has 0 radical (unpaired) electrons. The number of aryl methyl sites for hydroxylation is 2. The summed E-state index contributed by atoms with van der Waals surface area (Å²) in [5.74, 6) is 2.36. The van der Waals surface area contributed by atoms with Gasteiger partial charge in [0.2, 0.25) is 5.89 Å². The Bertz CT molecular complexity index is 802. The summed E-state index contributed by atoms with van der Waals surface area (Å²) in [6, 6.07) is 7.94. The van der Waals surface area contributed by atoms with Crippen LogP contribution in [-0.4, -0.2) is 57.6 Å². The molecule has 3 aromatic rings. The molecule has 1 aliphatic rings. The fourth-order valence-corrected chi connectivity index (χ4v) is 3.35. The van der Waals surface area contributed by atoms with Crippen molar-refractivity contribution in [1.29, 1.82) is 0 Å². The Kier molecular flexibility index (Phi) is 5.26. The van der Waals surface area contributed by atoms with E-state index in [0.717, 1.165) is 87.2 Å². The van der Waals surface area contributed by atoms with Crippen molar-refractivity contribution >= 4 is 11.1 Å². The number of nitrogens with zero attached hydrogens (tertiary/aromatic N) is 5. The van der Waals surface area contributed by atoms with Crippen LogP contribution < -0.4 is 0 Å². The predicted molar refractivity (Wildman–Crippen MR) is 97.7 cm³/mol. The third-order valence-electron chi connectivity index (χ3n) is 4.85. The number of oxazole rings is 1. The average molecular weight is 355 g/mol. The summed E-state index contributed by atoms with van der Waals surface area (Å²) in [6.45, 7) is 8.11. The van der Waals surface area contributed by atoms with Crippen LogP contribution in [0.15, 0.2) is 33.2 Å². The van der Waals surface area contributed by atoms with E-state index in [-0.39, 0.29) is 0 Å². The molecule has 0 spiro atoms. The molecular weight excluding hydrogens is 330 g/mol. The van der Waals surface area contributed by atoms with Gasteiger partial charge < -0.3 is 13.8 Å². The fraction of sp³-hybridized carbons (Fsp3) is 0.526. The van der Waals surface area contributed by atoms with Crippen LogP contribution in [0.2, 0.25) is 0 Å². The topological polar surface area (TPSA) is 71.4 Å². The first-order chi connectivity index (χ1) is 12.8. The Balaban J connectivity index is 1.19. The summed E-state index contributed by atoms with van der Waals surface area (Å²) in [6.07, 6.45) is 2.75. The van der Waals surface area contributed by atoms with Crippen LogP contribution in [0.25, 0.3) is 11.1 Å². The molecular formula is C19H25N5O2. The lowest BCUT2D eigenvalue weighted by molar-refractivity contribution is 0.123. The summed E-state index contributed by atoms with van der Waals surface area (Å²) >= 11 is 0. The molecule has 1 aromatic carbocycles. The Labute approximate surface area is 153 Å². The van der Waals surface area contributed by atoms with E-state index in [1.54, 1.807) is 0 Å². The highest BCUT2D eigenvalue weighted by molar-refractivity contribution is 5.72. The average Bonchev–Trinajstić information content (AvgIpc) is 3.29. The Morgan fingerprint density at radius 2 is 1.81 bits per heavy atom. The zero-order valence-corrected chi connectivity index (χ0v) is 15.2. The molecule has 1 aliphatic heterocycles. The van der Waals surface area contributed by atoms with E-state index in [1.807, 2.05) is 31.2 Å². The number of para-hydroxylation sites is 2. The lowest BCUT2D eigenvalue weighted by Crippen LogP contribution is -2.46. The number of hydrogen-bond acceptors (Lipinski definition) is 7. The molecule has 1 saturated heterocycles. The summed E-state index contributed by atoms with van der Waals surface area (Å²) in [5, 5.41) is 4.04. The van der Waals surface area contributed by atoms with E-state index in [2.05, 4.69) is 24.9 Å². The van der Waals surface area contributed by atoms with Gasteiger partial charge in [0.15, 0.2) is 17.3 Å². The maximum Gasteiger partial charge on any atom is 0.226 e. The highest BCUT2D eigenvalue weighted by Crippen LogP contribution is 2.16. The van der Waals surface area contributed by atoms with Gasteiger partial charge in [-0.25, -0.2) is 4.98 Å². The van der Waals surface area contributed by atoms with Gasteiger partial charge in [-0.2, -0.15) is 4.98 Å². The quantitative estimate of drug-likeness (QED) is 0.645. The molecule has 0 bridgehead atoms. The van der Waals surface area contributed by atoms with Crippen molar-refractivity contribution in [3.63, 3.8) is 0 Å². The van der Waals surface area contributed by atoms with Gasteiger partial charge in [0.1, 0.15) is 5.52 Å². The molecule has 2 aromatic heterocycles. The lowest BCUT2D eigenvalue weighted by Gasteiger charge is -2.33. The second-order valence-corrected chi connectivity index (χ2v) is 6.75. The first kappa shape index (κ1) is 17.2. The van der Waals surface area contributed by atoms with Crippen LogP contribution in [-0.2, 0) is 19.4 Å². The zero-order valence-electron chi connectivity index (χ0n) is 15.2. The summed E-state index contributed by atoms with van der Waals surface area (Å²) in [7, 11) is 0. The van der Waals surface area contributed by atoms with Gasteiger partial charge in [-0.15, -0.1) is 0 Å². The van der Waals surface area contributed by atoms with Gasteiger partial charge in [-0.1, -0.05) is 24.2 Å². The minimum absolute atomic E-state index is 0.720. The van der Waals surface area contributed by atoms with E-state index >= 15 is 0 Å². The Hall–Kier alpha value is -2.25. The van der Waals surface area contributed by atoms with Crippen molar-refractivity contribution in [1.82, 2.24) is 24.9 Å². The normalized spacial score (nSPS) is 16.5. The van der Waals surface area contributed by atoms with Gasteiger partial charge in [0.05, 0.1) is 6.54 Å². The van der Waals surface area contributed by atoms with Gasteiger partial charge in [0.25, 0.3) is 0 Å². The number of piperazine rings is 1. The molecule has 4 rings (SSSR count). The second kappa shape index (κ2) is 7.97. The minimum Gasteiger partial charge on any atom is -0.441 e. The number of rotatable bonds is 7. The Morgan fingerprint density at radius 3 is 2.58 bits per heavy atom. The lowest BCUT2D eigenvalue weighted by atomic mass is 10.2. The molecule has 0 saturated carbocycles. The van der Waals surface area contributed by atoms with Crippen LogP contribution in [0.1, 0.15) is 31.0 Å². The van der Waals surface area contributed by atoms with E-state index in [4.69, 9.17) is 8.94 Å². The van der Waals surface area contributed by atoms with Crippen molar-refractivity contribution in [2.45, 2.75) is 32.7 Å². The highest BCUT2D eigenvalue weighted by atomic mass is 16.5. The summed E-state index contributed by atoms with van der Waals surface area (Å²) in [4.78, 5) is 13.8. The summed E-state index contributed by atoms with van der Waals surface area (Å²) in [5.41, 5.74) is 1.83. The maximum absolute atomic E-state index is 5.79. The zero-order chi connectivity index (χ0) is 17.8. The predicted octanol–water partition coefficient (Wildman–Crippen LogP) is 2.52. The standard InChI is InChI=1S/C19H25N5O2/c1-2-18-21-17(22-26-18)14-24-12-10-23(11-13-24)9-5-8-19-20-15-6-3-4-7-16(15)25-19/h3-4,6-7H,2,5,8-14H2,1H3. The van der Waals surface area contributed by atoms with Gasteiger partial charge in [-0.05, 0) is 25.1 Å². The molecule has 138 valence electrons. The molecule has 0 amide bonds. The first-order valence-electron chi connectivity index (χ1n) is 9.41. The molecule has 26 heavy (non-hydrogen) atoms. The number of fused-ring (bicyclic) bond motifs is 1. The maximum atomic E-state index is 5.79. The number of benzene rings is 1. The van der Waals surface area contributed by atoms with E-state index in [0.29, 0.717) is 0 Å². The van der Waals surface area contributed by atoms with E-state index in [1.165, 1.54) is 0 Å². The van der Waals surface area contributed by atoms with Gasteiger partial charge in [-0.3, -0.25) is 4.90 Å². The summed E-state index contributed by atoms with van der Waals surface area (Å²) < 4.78 is 11.0. The fourth-order valence-electron chi connectivity index (χ4n) is 3.35. The van der Waals surface area contributed by atoms with Crippen LogP contribution in [0.4, 0.5) is 0 Å². The third-order valence-corrected chi connectivity index (χ3v) is 4.85. The number of hydrogen-bond donors (Lipinski definition) is 0. The van der Waals surface area contributed by atoms with Crippen molar-refractivity contribution in [3.8, 4) is 0 Å². The SMILES string of the molecule is CCc1nc(CN2CCN(CCCc3nc4ccccc4o3)CC2)no1. The molecule has 0 unspecified atom stereocenters. The molecule has 7 nitrogen and oxygen atoms in total. The van der Waals surface area contributed by atoms with E-state index < -0.39 is 0 Å². The highest BCUT2D eigenvalue weighted by Gasteiger charge is 2.18. The molecule has 3 heterocycles. The van der Waals surface area contributed by atoms with Crippen molar-refractivity contribution in [2.75, 3.05) is 32.7 Å².